The van der Waals surface area contributed by atoms with E-state index in [1.165, 1.54) is 6.07 Å². The third-order valence-electron chi connectivity index (χ3n) is 3.24. The predicted octanol–water partition coefficient (Wildman–Crippen LogP) is 3.16. The smallest absolute Gasteiger partial charge is 0.240 e. The van der Waals surface area contributed by atoms with Crippen LogP contribution in [0.4, 0.5) is 0 Å². The molecule has 2 N–H and O–H groups in total. The Balaban J connectivity index is 2.80. The highest BCUT2D eigenvalue weighted by Gasteiger charge is 2.18. The highest BCUT2D eigenvalue weighted by Crippen LogP contribution is 2.21. The molecule has 0 aromatic heterocycles. The Morgan fingerprint density at radius 1 is 1.19 bits per heavy atom. The fourth-order valence-electron chi connectivity index (χ4n) is 2.00. The molecule has 0 saturated carbocycles. The second-order valence-electron chi connectivity index (χ2n) is 5.78. The average Bonchev–Trinajstić information content (AvgIpc) is 2.38. The van der Waals surface area contributed by atoms with Gasteiger partial charge in [-0.2, -0.15) is 0 Å². The fraction of sp³-hybridized carbons (Fsp3) is 0.600. The molecule has 1 rings (SSSR count). The van der Waals surface area contributed by atoms with Gasteiger partial charge in [-0.3, -0.25) is 0 Å². The summed E-state index contributed by atoms with van der Waals surface area (Å²) in [6, 6.07) is 4.75. The van der Waals surface area contributed by atoms with Crippen LogP contribution in [-0.2, 0) is 16.6 Å². The molecule has 0 aliphatic rings. The lowest BCUT2D eigenvalue weighted by atomic mass is 10.1. The number of halogens is 1. The van der Waals surface area contributed by atoms with Crippen molar-refractivity contribution in [2.24, 2.45) is 5.92 Å². The molecule has 1 atom stereocenters. The normalized spacial score (nSPS) is 13.6. The van der Waals surface area contributed by atoms with Crippen LogP contribution in [0.2, 0.25) is 5.02 Å². The number of benzene rings is 1. The number of hydrogen-bond donors (Lipinski definition) is 2. The van der Waals surface area contributed by atoms with Crippen LogP contribution in [0.25, 0.3) is 0 Å². The van der Waals surface area contributed by atoms with Crippen molar-refractivity contribution in [3.05, 3.63) is 28.8 Å². The van der Waals surface area contributed by atoms with E-state index in [9.17, 15) is 8.42 Å². The Morgan fingerprint density at radius 2 is 1.86 bits per heavy atom. The van der Waals surface area contributed by atoms with Gasteiger partial charge in [-0.05, 0) is 50.4 Å². The molecule has 0 saturated heterocycles. The van der Waals surface area contributed by atoms with Gasteiger partial charge in [0.05, 0.1) is 4.90 Å². The summed E-state index contributed by atoms with van der Waals surface area (Å²) in [5, 5.41) is 3.45. The highest BCUT2D eigenvalue weighted by atomic mass is 35.5. The Bertz CT molecular complexity index is 559. The van der Waals surface area contributed by atoms with Crippen molar-refractivity contribution in [3.8, 4) is 0 Å². The quantitative estimate of drug-likeness (QED) is 0.768. The summed E-state index contributed by atoms with van der Waals surface area (Å²) in [6.07, 6.45) is 1.81. The summed E-state index contributed by atoms with van der Waals surface area (Å²) in [4.78, 5) is 0.212. The van der Waals surface area contributed by atoms with E-state index in [1.807, 2.05) is 14.0 Å². The third-order valence-corrected chi connectivity index (χ3v) is 5.17. The van der Waals surface area contributed by atoms with Crippen molar-refractivity contribution in [3.63, 3.8) is 0 Å². The average molecular weight is 333 g/mol. The molecule has 0 fully saturated rings. The molecule has 4 nitrogen and oxygen atoms in total. The van der Waals surface area contributed by atoms with Gasteiger partial charge >= 0.3 is 0 Å². The highest BCUT2D eigenvalue weighted by molar-refractivity contribution is 7.89. The van der Waals surface area contributed by atoms with Gasteiger partial charge in [0, 0.05) is 17.6 Å². The molecule has 120 valence electrons. The second kappa shape index (κ2) is 8.13. The fourth-order valence-corrected chi connectivity index (χ4v) is 3.62. The Labute approximate surface area is 133 Å². The summed E-state index contributed by atoms with van der Waals surface area (Å²) >= 11 is 6.12. The van der Waals surface area contributed by atoms with Crippen molar-refractivity contribution < 1.29 is 8.42 Å². The molecule has 0 aliphatic heterocycles. The molecule has 0 bridgehead atoms. The zero-order valence-corrected chi connectivity index (χ0v) is 14.7. The van der Waals surface area contributed by atoms with E-state index in [0.29, 0.717) is 17.5 Å². The molecule has 1 aromatic carbocycles. The van der Waals surface area contributed by atoms with E-state index in [0.717, 1.165) is 18.4 Å². The molecule has 0 amide bonds. The lowest BCUT2D eigenvalue weighted by molar-refractivity contribution is 0.485. The predicted molar refractivity (Wildman–Crippen MR) is 88.1 cm³/mol. The Morgan fingerprint density at radius 3 is 2.38 bits per heavy atom. The molecule has 0 heterocycles. The van der Waals surface area contributed by atoms with Gasteiger partial charge in [0.1, 0.15) is 0 Å². The number of rotatable bonds is 8. The number of nitrogens with one attached hydrogen (secondary N) is 2. The monoisotopic (exact) mass is 332 g/mol. The van der Waals surface area contributed by atoms with Gasteiger partial charge in [0.25, 0.3) is 0 Å². The molecule has 1 aromatic rings. The molecule has 1 unspecified atom stereocenters. The van der Waals surface area contributed by atoms with E-state index >= 15 is 0 Å². The molecule has 6 heteroatoms. The Hall–Kier alpha value is -0.620. The van der Waals surface area contributed by atoms with Gasteiger partial charge in [-0.25, -0.2) is 13.1 Å². The first-order valence-electron chi connectivity index (χ1n) is 7.21. The minimum Gasteiger partial charge on any atom is -0.316 e. The minimum atomic E-state index is -3.52. The first kappa shape index (κ1) is 18.4. The molecular weight excluding hydrogens is 308 g/mol. The van der Waals surface area contributed by atoms with Crippen LogP contribution < -0.4 is 10.0 Å². The van der Waals surface area contributed by atoms with Crippen LogP contribution in [0.3, 0.4) is 0 Å². The Kier molecular flexibility index (Phi) is 7.13. The number of hydrogen-bond acceptors (Lipinski definition) is 3. The van der Waals surface area contributed by atoms with E-state index in [4.69, 9.17) is 11.6 Å². The SMILES string of the molecule is CNCc1ccc(S(=O)(=O)NC(C)CCC(C)C)cc1Cl. The lowest BCUT2D eigenvalue weighted by Gasteiger charge is -2.16. The van der Waals surface area contributed by atoms with Crippen LogP contribution in [0.5, 0.6) is 0 Å². The largest absolute Gasteiger partial charge is 0.316 e. The maximum Gasteiger partial charge on any atom is 0.240 e. The minimum absolute atomic E-state index is 0.0897. The van der Waals surface area contributed by atoms with Gasteiger partial charge < -0.3 is 5.32 Å². The van der Waals surface area contributed by atoms with Crippen molar-refractivity contribution in [2.75, 3.05) is 7.05 Å². The van der Waals surface area contributed by atoms with E-state index < -0.39 is 10.0 Å². The zero-order valence-electron chi connectivity index (χ0n) is 13.1. The molecule has 0 aliphatic carbocycles. The van der Waals surface area contributed by atoms with Gasteiger partial charge in [-0.15, -0.1) is 0 Å². The van der Waals surface area contributed by atoms with E-state index in [2.05, 4.69) is 23.9 Å². The van der Waals surface area contributed by atoms with Crippen LogP contribution in [-0.4, -0.2) is 21.5 Å². The van der Waals surface area contributed by atoms with Gasteiger partial charge in [0.2, 0.25) is 10.0 Å². The van der Waals surface area contributed by atoms with E-state index in [1.54, 1.807) is 12.1 Å². The molecule has 0 radical (unpaired) electrons. The van der Waals surface area contributed by atoms with E-state index in [-0.39, 0.29) is 10.9 Å². The van der Waals surface area contributed by atoms with Crippen molar-refractivity contribution in [2.45, 2.75) is 51.1 Å². The standard InChI is InChI=1S/C15H25ClN2O2S/c1-11(2)5-6-12(3)18-21(19,20)14-8-7-13(10-17-4)15(16)9-14/h7-9,11-12,17-18H,5-6,10H2,1-4H3. The summed E-state index contributed by atoms with van der Waals surface area (Å²) in [6.45, 7) is 6.75. The summed E-state index contributed by atoms with van der Waals surface area (Å²) in [5.74, 6) is 0.562. The van der Waals surface area contributed by atoms with Crippen LogP contribution in [0.15, 0.2) is 23.1 Å². The summed E-state index contributed by atoms with van der Waals surface area (Å²) < 4.78 is 27.4. The van der Waals surface area contributed by atoms with Gasteiger partial charge in [0.15, 0.2) is 0 Å². The van der Waals surface area contributed by atoms with Gasteiger partial charge in [-0.1, -0.05) is 31.5 Å². The maximum absolute atomic E-state index is 12.3. The molecule has 21 heavy (non-hydrogen) atoms. The first-order valence-corrected chi connectivity index (χ1v) is 9.07. The first-order chi connectivity index (χ1) is 9.76. The second-order valence-corrected chi connectivity index (χ2v) is 7.90. The van der Waals surface area contributed by atoms with Crippen molar-refractivity contribution in [1.82, 2.24) is 10.0 Å². The van der Waals surface area contributed by atoms with Crippen molar-refractivity contribution in [1.29, 1.82) is 0 Å². The summed E-state index contributed by atoms with van der Waals surface area (Å²) in [5.41, 5.74) is 0.881. The molecule has 0 spiro atoms. The van der Waals surface area contributed by atoms with Crippen LogP contribution in [0, 0.1) is 5.92 Å². The van der Waals surface area contributed by atoms with Crippen LogP contribution in [0.1, 0.15) is 39.2 Å². The zero-order chi connectivity index (χ0) is 16.0. The summed E-state index contributed by atoms with van der Waals surface area (Å²) in [7, 11) is -1.70. The number of sulfonamides is 1. The topological polar surface area (TPSA) is 58.2 Å². The third kappa shape index (κ3) is 5.94. The van der Waals surface area contributed by atoms with Crippen LogP contribution >= 0.6 is 11.6 Å². The maximum atomic E-state index is 12.3. The van der Waals surface area contributed by atoms with Crippen molar-refractivity contribution >= 4 is 21.6 Å². The molecular formula is C15H25ClN2O2S. The lowest BCUT2D eigenvalue weighted by Crippen LogP contribution is -2.32.